The van der Waals surface area contributed by atoms with E-state index in [0.29, 0.717) is 41.7 Å². The molecule has 2 aromatic rings. The number of aliphatic imine (C=N–C) groups is 1. The molecule has 35 heavy (non-hydrogen) atoms. The summed E-state index contributed by atoms with van der Waals surface area (Å²) >= 11 is 7.78. The second-order valence-corrected chi connectivity index (χ2v) is 10.9. The maximum Gasteiger partial charge on any atom is 0.559 e. The SMILES string of the molecule is CCOP(=O)(N[C@H]1CC2=C(C(=O)OC)[C@H](c3ccc(F)cc3Cl)N=C(c3nccs3)N2C1)[OH+]CC. The lowest BCUT2D eigenvalue weighted by Gasteiger charge is -2.31. The fourth-order valence-electron chi connectivity index (χ4n) is 4.21. The highest BCUT2D eigenvalue weighted by atomic mass is 35.5. The van der Waals surface area contributed by atoms with Crippen LogP contribution in [0.1, 0.15) is 36.9 Å². The molecule has 4 rings (SSSR count). The number of aliphatic hydroxyl groups is 1. The van der Waals surface area contributed by atoms with E-state index in [1.165, 1.54) is 36.6 Å². The maximum absolute atomic E-state index is 13.8. The van der Waals surface area contributed by atoms with Gasteiger partial charge in [-0.15, -0.1) is 11.3 Å². The van der Waals surface area contributed by atoms with Crippen molar-refractivity contribution < 1.29 is 27.5 Å². The number of hydrogen-bond donors (Lipinski definition) is 1. The Bertz CT molecular complexity index is 1200. The highest BCUT2D eigenvalue weighted by Gasteiger charge is 2.45. The molecular formula is C22H26ClFN4O5PS+. The highest BCUT2D eigenvalue weighted by Crippen LogP contribution is 2.46. The summed E-state index contributed by atoms with van der Waals surface area (Å²) in [5, 5.41) is 5.67. The number of hydrogen-bond acceptors (Lipinski definition) is 8. The molecule has 0 spiro atoms. The van der Waals surface area contributed by atoms with E-state index < -0.39 is 25.6 Å². The van der Waals surface area contributed by atoms with Crippen molar-refractivity contribution in [2.24, 2.45) is 4.99 Å². The molecule has 1 unspecified atom stereocenters. The van der Waals surface area contributed by atoms with Crippen molar-refractivity contribution in [3.8, 4) is 0 Å². The molecule has 1 aromatic carbocycles. The lowest BCUT2D eigenvalue weighted by molar-refractivity contribution is -0.136. The van der Waals surface area contributed by atoms with Gasteiger partial charge in [-0.25, -0.2) is 14.2 Å². The number of halogens is 2. The number of nitrogens with zero attached hydrogens (tertiary/aromatic N) is 3. The van der Waals surface area contributed by atoms with Crippen LogP contribution >= 0.6 is 30.7 Å². The van der Waals surface area contributed by atoms with E-state index in [1.54, 1.807) is 20.0 Å². The van der Waals surface area contributed by atoms with Crippen molar-refractivity contribution in [3.63, 3.8) is 0 Å². The molecule has 1 aromatic heterocycles. The zero-order chi connectivity index (χ0) is 25.2. The molecule has 2 aliphatic heterocycles. The third-order valence-corrected chi connectivity index (χ3v) is 8.57. The Morgan fingerprint density at radius 3 is 2.86 bits per heavy atom. The number of esters is 1. The summed E-state index contributed by atoms with van der Waals surface area (Å²) in [4.78, 5) is 24.2. The van der Waals surface area contributed by atoms with Gasteiger partial charge in [-0.3, -0.25) is 9.52 Å². The molecule has 9 nitrogen and oxygen atoms in total. The predicted molar refractivity (Wildman–Crippen MR) is 132 cm³/mol. The number of amidine groups is 1. The van der Waals surface area contributed by atoms with Gasteiger partial charge in [0, 0.05) is 53.8 Å². The topological polar surface area (TPSA) is 106 Å². The van der Waals surface area contributed by atoms with Crippen LogP contribution in [-0.2, 0) is 18.6 Å². The summed E-state index contributed by atoms with van der Waals surface area (Å²) in [6, 6.07) is 2.78. The summed E-state index contributed by atoms with van der Waals surface area (Å²) in [6.45, 7) is 4.45. The lowest BCUT2D eigenvalue weighted by atomic mass is 9.94. The molecule has 0 amide bonds. The minimum Gasteiger partial charge on any atom is -0.466 e. The molecule has 13 heteroatoms. The number of carbonyl (C=O) groups is 1. The summed E-state index contributed by atoms with van der Waals surface area (Å²) in [5.74, 6) is -0.538. The molecule has 0 aliphatic carbocycles. The van der Waals surface area contributed by atoms with Gasteiger partial charge >= 0.3 is 13.7 Å². The van der Waals surface area contributed by atoms with Crippen LogP contribution in [0.4, 0.5) is 4.39 Å². The molecule has 1 fully saturated rings. The molecule has 188 valence electrons. The van der Waals surface area contributed by atoms with E-state index in [4.69, 9.17) is 25.9 Å². The normalized spacial score (nSPS) is 21.5. The molecule has 3 atom stereocenters. The summed E-state index contributed by atoms with van der Waals surface area (Å²) in [5.41, 5.74) is 1.39. The number of methoxy groups -OCH3 is 1. The molecule has 1 saturated heterocycles. The van der Waals surface area contributed by atoms with Crippen molar-refractivity contribution >= 4 is 42.5 Å². The van der Waals surface area contributed by atoms with Gasteiger partial charge in [-0.1, -0.05) is 17.7 Å². The lowest BCUT2D eigenvalue weighted by Crippen LogP contribution is -2.37. The van der Waals surface area contributed by atoms with Gasteiger partial charge in [0.2, 0.25) is 0 Å². The van der Waals surface area contributed by atoms with E-state index in [-0.39, 0.29) is 23.2 Å². The van der Waals surface area contributed by atoms with Gasteiger partial charge in [-0.2, -0.15) is 9.65 Å². The van der Waals surface area contributed by atoms with Crippen molar-refractivity contribution in [2.75, 3.05) is 26.9 Å². The second kappa shape index (κ2) is 10.9. The zero-order valence-electron chi connectivity index (χ0n) is 19.4. The molecule has 0 radical (unpaired) electrons. The fourth-order valence-corrected chi connectivity index (χ4v) is 6.72. The Morgan fingerprint density at radius 2 is 2.23 bits per heavy atom. The number of aromatic nitrogens is 1. The molecule has 0 saturated carbocycles. The number of thiazole rings is 1. The van der Waals surface area contributed by atoms with Crippen LogP contribution in [0.2, 0.25) is 5.02 Å². The van der Waals surface area contributed by atoms with Crippen LogP contribution in [0.15, 0.2) is 46.0 Å². The Hall–Kier alpha value is -2.14. The zero-order valence-corrected chi connectivity index (χ0v) is 21.9. The average molecular weight is 544 g/mol. The Kier molecular flexibility index (Phi) is 8.05. The van der Waals surface area contributed by atoms with E-state index in [1.807, 2.05) is 10.3 Å². The number of carbonyl (C=O) groups excluding carboxylic acids is 1. The highest BCUT2D eigenvalue weighted by molar-refractivity contribution is 7.51. The third-order valence-electron chi connectivity index (χ3n) is 5.52. The van der Waals surface area contributed by atoms with Crippen LogP contribution in [-0.4, -0.2) is 59.1 Å². The van der Waals surface area contributed by atoms with Gasteiger partial charge in [0.25, 0.3) is 0 Å². The number of fused-ring (bicyclic) bond motifs is 1. The first-order valence-electron chi connectivity index (χ1n) is 11.0. The average Bonchev–Trinajstić information content (AvgIpc) is 3.48. The summed E-state index contributed by atoms with van der Waals surface area (Å²) < 4.78 is 41.7. The fraction of sp³-hybridized carbons (Fsp3) is 0.409. The molecule has 2 N–H and O–H groups in total. The minimum atomic E-state index is -3.45. The Morgan fingerprint density at radius 1 is 1.43 bits per heavy atom. The van der Waals surface area contributed by atoms with Gasteiger partial charge in [0.15, 0.2) is 10.8 Å². The summed E-state index contributed by atoms with van der Waals surface area (Å²) in [6.07, 6.45) is 2.00. The van der Waals surface area contributed by atoms with E-state index in [0.717, 1.165) is 0 Å². The summed E-state index contributed by atoms with van der Waals surface area (Å²) in [7, 11) is -2.16. The standard InChI is InChI=1S/C22H25ClFN4O5PS/c1-4-32-34(30,33-5-2)27-14-11-17-18(22(29)31-3)19(15-7-6-13(24)10-16(15)23)26-20(28(17)12-14)21-25-8-9-35-21/h6-10,14,19H,4-5,11-12H2,1-3H3,(H,27,30)/p+1/t14-,19-/m0/s1. The van der Waals surface area contributed by atoms with Crippen molar-refractivity contribution in [1.29, 1.82) is 0 Å². The van der Waals surface area contributed by atoms with E-state index in [9.17, 15) is 13.8 Å². The van der Waals surface area contributed by atoms with Crippen LogP contribution < -0.4 is 5.09 Å². The Labute approximate surface area is 211 Å². The molecular weight excluding hydrogens is 518 g/mol. The number of rotatable bonds is 9. The van der Waals surface area contributed by atoms with E-state index in [2.05, 4.69) is 14.6 Å². The van der Waals surface area contributed by atoms with Crippen LogP contribution in [0.5, 0.6) is 0 Å². The first kappa shape index (κ1) is 25.9. The first-order chi connectivity index (χ1) is 16.8. The molecule has 2 aliphatic rings. The number of benzene rings is 1. The minimum absolute atomic E-state index is 0.142. The van der Waals surface area contributed by atoms with Crippen LogP contribution in [0.25, 0.3) is 0 Å². The monoisotopic (exact) mass is 543 g/mol. The van der Waals surface area contributed by atoms with Gasteiger partial charge in [0.05, 0.1) is 19.3 Å². The predicted octanol–water partition coefficient (Wildman–Crippen LogP) is 4.22. The first-order valence-corrected chi connectivity index (χ1v) is 13.9. The van der Waals surface area contributed by atoms with Crippen molar-refractivity contribution in [2.45, 2.75) is 32.4 Å². The van der Waals surface area contributed by atoms with Gasteiger partial charge in [-0.05, 0) is 19.1 Å². The molecule has 3 heterocycles. The largest absolute Gasteiger partial charge is 0.559 e. The van der Waals surface area contributed by atoms with Gasteiger partial charge < -0.3 is 14.2 Å². The van der Waals surface area contributed by atoms with E-state index >= 15 is 0 Å². The van der Waals surface area contributed by atoms with Crippen molar-refractivity contribution in [3.05, 3.63) is 62.5 Å². The quantitative estimate of drug-likeness (QED) is 0.287. The Balaban J connectivity index is 1.81. The van der Waals surface area contributed by atoms with Crippen molar-refractivity contribution in [1.82, 2.24) is 15.0 Å². The van der Waals surface area contributed by atoms with Crippen LogP contribution in [0.3, 0.4) is 0 Å². The third kappa shape index (κ3) is 5.35. The van der Waals surface area contributed by atoms with Gasteiger partial charge in [0.1, 0.15) is 18.5 Å². The second-order valence-electron chi connectivity index (χ2n) is 7.75. The number of ether oxygens (including phenoxy) is 1. The van der Waals surface area contributed by atoms with Crippen LogP contribution in [0, 0.1) is 5.82 Å². The number of nitrogens with one attached hydrogen (secondary N) is 1. The smallest absolute Gasteiger partial charge is 0.466 e. The maximum atomic E-state index is 13.8. The molecule has 0 bridgehead atoms.